The third kappa shape index (κ3) is 3.02. The van der Waals surface area contributed by atoms with Crippen LogP contribution in [-0.2, 0) is 9.59 Å². The number of hydrogen-bond acceptors (Lipinski definition) is 4. The SMILES string of the molecule is CC(CO)NC(=O)C(=O)Nc1ccc2c(c1)oc1ccccc12. The molecule has 0 fully saturated rings. The van der Waals surface area contributed by atoms with Gasteiger partial charge in [-0.1, -0.05) is 18.2 Å². The number of aliphatic hydroxyl groups is 1. The fourth-order valence-electron chi connectivity index (χ4n) is 2.33. The van der Waals surface area contributed by atoms with Crippen molar-refractivity contribution in [2.45, 2.75) is 13.0 Å². The number of nitrogens with one attached hydrogen (secondary N) is 2. The van der Waals surface area contributed by atoms with Gasteiger partial charge in [-0.15, -0.1) is 0 Å². The Labute approximate surface area is 132 Å². The zero-order valence-electron chi connectivity index (χ0n) is 12.5. The summed E-state index contributed by atoms with van der Waals surface area (Å²) in [5.41, 5.74) is 1.86. The fourth-order valence-corrected chi connectivity index (χ4v) is 2.33. The highest BCUT2D eigenvalue weighted by Crippen LogP contribution is 2.30. The molecule has 118 valence electrons. The van der Waals surface area contributed by atoms with Gasteiger partial charge in [0.1, 0.15) is 11.2 Å². The summed E-state index contributed by atoms with van der Waals surface area (Å²) in [5, 5.41) is 15.7. The van der Waals surface area contributed by atoms with Crippen LogP contribution in [0.4, 0.5) is 5.69 Å². The van der Waals surface area contributed by atoms with E-state index < -0.39 is 17.9 Å². The number of furan rings is 1. The van der Waals surface area contributed by atoms with Crippen LogP contribution in [0.5, 0.6) is 0 Å². The van der Waals surface area contributed by atoms with E-state index in [0.29, 0.717) is 11.3 Å². The van der Waals surface area contributed by atoms with Crippen LogP contribution < -0.4 is 10.6 Å². The number of carbonyl (C=O) groups is 2. The first-order chi connectivity index (χ1) is 11.1. The number of amides is 2. The predicted molar refractivity (Wildman–Crippen MR) is 87.0 cm³/mol. The second kappa shape index (κ2) is 6.10. The highest BCUT2D eigenvalue weighted by Gasteiger charge is 2.16. The van der Waals surface area contributed by atoms with Gasteiger partial charge < -0.3 is 20.2 Å². The lowest BCUT2D eigenvalue weighted by atomic mass is 10.1. The summed E-state index contributed by atoms with van der Waals surface area (Å²) < 4.78 is 5.73. The first-order valence-corrected chi connectivity index (χ1v) is 7.22. The van der Waals surface area contributed by atoms with Gasteiger partial charge in [-0.3, -0.25) is 9.59 Å². The van der Waals surface area contributed by atoms with Gasteiger partial charge >= 0.3 is 11.8 Å². The molecule has 0 spiro atoms. The number of fused-ring (bicyclic) bond motifs is 3. The Bertz CT molecular complexity index is 885. The number of benzene rings is 2. The molecule has 23 heavy (non-hydrogen) atoms. The fraction of sp³-hybridized carbons (Fsp3) is 0.176. The number of rotatable bonds is 3. The Hall–Kier alpha value is -2.86. The average molecular weight is 312 g/mol. The molecule has 1 unspecified atom stereocenters. The van der Waals surface area contributed by atoms with Crippen LogP contribution in [0.2, 0.25) is 0 Å². The summed E-state index contributed by atoms with van der Waals surface area (Å²) >= 11 is 0. The van der Waals surface area contributed by atoms with Crippen molar-refractivity contribution in [2.75, 3.05) is 11.9 Å². The first kappa shape index (κ1) is 15.1. The van der Waals surface area contributed by atoms with Gasteiger partial charge in [0.25, 0.3) is 0 Å². The minimum atomic E-state index is -0.795. The maximum atomic E-state index is 11.8. The van der Waals surface area contributed by atoms with Crippen molar-refractivity contribution in [3.63, 3.8) is 0 Å². The molecule has 0 radical (unpaired) electrons. The maximum absolute atomic E-state index is 11.8. The number of hydrogen-bond donors (Lipinski definition) is 3. The standard InChI is InChI=1S/C17H16N2O4/c1-10(9-20)18-16(21)17(22)19-11-6-7-13-12-4-2-3-5-14(12)23-15(13)8-11/h2-8,10,20H,9H2,1H3,(H,18,21)(H,19,22). The normalized spacial score (nSPS) is 12.3. The van der Waals surface area contributed by atoms with E-state index in [0.717, 1.165) is 16.4 Å². The van der Waals surface area contributed by atoms with Crippen LogP contribution in [0.3, 0.4) is 0 Å². The molecule has 3 aromatic rings. The van der Waals surface area contributed by atoms with Crippen LogP contribution in [-0.4, -0.2) is 29.6 Å². The van der Waals surface area contributed by atoms with E-state index in [1.807, 2.05) is 30.3 Å². The van der Waals surface area contributed by atoms with Crippen LogP contribution in [0.25, 0.3) is 21.9 Å². The van der Waals surface area contributed by atoms with Gasteiger partial charge in [0.2, 0.25) is 0 Å². The van der Waals surface area contributed by atoms with E-state index in [2.05, 4.69) is 10.6 Å². The zero-order valence-corrected chi connectivity index (χ0v) is 12.5. The van der Waals surface area contributed by atoms with Crippen LogP contribution in [0, 0.1) is 0 Å². The van der Waals surface area contributed by atoms with Crippen molar-refractivity contribution in [3.05, 3.63) is 42.5 Å². The Morgan fingerprint density at radius 1 is 1.09 bits per heavy atom. The van der Waals surface area contributed by atoms with E-state index in [1.54, 1.807) is 19.1 Å². The Morgan fingerprint density at radius 3 is 2.61 bits per heavy atom. The van der Waals surface area contributed by atoms with Crippen molar-refractivity contribution >= 4 is 39.4 Å². The van der Waals surface area contributed by atoms with E-state index in [1.165, 1.54) is 0 Å². The van der Waals surface area contributed by atoms with Crippen LogP contribution in [0.15, 0.2) is 46.9 Å². The molecule has 6 heteroatoms. The van der Waals surface area contributed by atoms with Gasteiger partial charge in [0, 0.05) is 28.6 Å². The van der Waals surface area contributed by atoms with Crippen molar-refractivity contribution in [1.29, 1.82) is 0 Å². The largest absolute Gasteiger partial charge is 0.456 e. The minimum Gasteiger partial charge on any atom is -0.456 e. The predicted octanol–water partition coefficient (Wildman–Crippen LogP) is 2.02. The Morgan fingerprint density at radius 2 is 1.83 bits per heavy atom. The Kier molecular flexibility index (Phi) is 3.99. The number of para-hydroxylation sites is 1. The van der Waals surface area contributed by atoms with Crippen molar-refractivity contribution in [3.8, 4) is 0 Å². The molecule has 0 aliphatic heterocycles. The molecule has 3 N–H and O–H groups in total. The van der Waals surface area contributed by atoms with E-state index in [-0.39, 0.29) is 6.61 Å². The molecule has 1 heterocycles. The van der Waals surface area contributed by atoms with E-state index in [4.69, 9.17) is 9.52 Å². The van der Waals surface area contributed by atoms with Gasteiger partial charge in [-0.2, -0.15) is 0 Å². The molecule has 1 atom stereocenters. The van der Waals surface area contributed by atoms with E-state index in [9.17, 15) is 9.59 Å². The van der Waals surface area contributed by atoms with Gasteiger partial charge in [0.05, 0.1) is 6.61 Å². The van der Waals surface area contributed by atoms with Crippen LogP contribution in [0.1, 0.15) is 6.92 Å². The summed E-state index contributed by atoms with van der Waals surface area (Å²) in [7, 11) is 0. The van der Waals surface area contributed by atoms with Gasteiger partial charge in [0.15, 0.2) is 0 Å². The van der Waals surface area contributed by atoms with Crippen molar-refractivity contribution in [1.82, 2.24) is 5.32 Å². The zero-order chi connectivity index (χ0) is 16.4. The summed E-state index contributed by atoms with van der Waals surface area (Å²) in [6, 6.07) is 12.4. The molecule has 0 saturated carbocycles. The summed E-state index contributed by atoms with van der Waals surface area (Å²) in [6.07, 6.45) is 0. The molecular weight excluding hydrogens is 296 g/mol. The summed E-state index contributed by atoms with van der Waals surface area (Å²) in [6.45, 7) is 1.37. The molecule has 2 aromatic carbocycles. The second-order valence-corrected chi connectivity index (χ2v) is 5.32. The molecule has 3 rings (SSSR count). The smallest absolute Gasteiger partial charge is 0.313 e. The molecule has 2 amide bonds. The first-order valence-electron chi connectivity index (χ1n) is 7.22. The lowest BCUT2D eigenvalue weighted by Gasteiger charge is -2.10. The highest BCUT2D eigenvalue weighted by molar-refractivity contribution is 6.39. The highest BCUT2D eigenvalue weighted by atomic mass is 16.3. The van der Waals surface area contributed by atoms with Crippen LogP contribution >= 0.6 is 0 Å². The number of anilines is 1. The van der Waals surface area contributed by atoms with Gasteiger partial charge in [-0.25, -0.2) is 0 Å². The molecule has 0 saturated heterocycles. The van der Waals surface area contributed by atoms with Crippen molar-refractivity contribution < 1.29 is 19.1 Å². The quantitative estimate of drug-likeness (QED) is 0.645. The second-order valence-electron chi connectivity index (χ2n) is 5.32. The number of aliphatic hydroxyl groups excluding tert-OH is 1. The summed E-state index contributed by atoms with van der Waals surface area (Å²) in [5.74, 6) is -1.59. The Balaban J connectivity index is 1.82. The monoisotopic (exact) mass is 312 g/mol. The van der Waals surface area contributed by atoms with Gasteiger partial charge in [-0.05, 0) is 25.1 Å². The van der Waals surface area contributed by atoms with E-state index >= 15 is 0 Å². The van der Waals surface area contributed by atoms with Crippen molar-refractivity contribution in [2.24, 2.45) is 0 Å². The lowest BCUT2D eigenvalue weighted by Crippen LogP contribution is -2.42. The minimum absolute atomic E-state index is 0.232. The molecule has 0 aliphatic carbocycles. The third-order valence-corrected chi connectivity index (χ3v) is 3.49. The lowest BCUT2D eigenvalue weighted by molar-refractivity contribution is -0.136. The summed E-state index contributed by atoms with van der Waals surface area (Å²) in [4.78, 5) is 23.5. The number of carbonyl (C=O) groups excluding carboxylic acids is 2. The molecule has 0 bridgehead atoms. The third-order valence-electron chi connectivity index (χ3n) is 3.49. The maximum Gasteiger partial charge on any atom is 0.313 e. The average Bonchev–Trinajstić information content (AvgIpc) is 2.92. The molecular formula is C17H16N2O4. The molecule has 0 aliphatic rings. The topological polar surface area (TPSA) is 91.6 Å². The molecule has 1 aromatic heterocycles. The molecule has 6 nitrogen and oxygen atoms in total.